The number of nitrogens with zero attached hydrogens (tertiary/aromatic N) is 1. The molecule has 0 radical (unpaired) electrons. The van der Waals surface area contributed by atoms with Crippen LogP contribution < -0.4 is 20.8 Å². The monoisotopic (exact) mass is 233 g/mol. The van der Waals surface area contributed by atoms with Gasteiger partial charge in [0.1, 0.15) is 5.75 Å². The summed E-state index contributed by atoms with van der Waals surface area (Å²) in [6.45, 7) is 0. The van der Waals surface area contributed by atoms with Crippen LogP contribution in [-0.4, -0.2) is 17.1 Å². The summed E-state index contributed by atoms with van der Waals surface area (Å²) >= 11 is 0. The molecule has 3 N–H and O–H groups in total. The molecule has 6 heteroatoms. The number of rotatable bonds is 3. The zero-order valence-electron chi connectivity index (χ0n) is 9.14. The predicted octanol–water partition coefficient (Wildman–Crippen LogP) is 1.15. The van der Waals surface area contributed by atoms with Crippen LogP contribution in [-0.2, 0) is 0 Å². The van der Waals surface area contributed by atoms with Crippen LogP contribution in [0.4, 0.5) is 5.69 Å². The van der Waals surface area contributed by atoms with E-state index in [4.69, 9.17) is 15.2 Å². The quantitative estimate of drug-likeness (QED) is 0.776. The molecule has 0 saturated carbocycles. The molecule has 0 unspecified atom stereocenters. The highest BCUT2D eigenvalue weighted by Gasteiger charge is 2.11. The molecule has 1 aromatic heterocycles. The van der Waals surface area contributed by atoms with E-state index in [2.05, 4.69) is 9.97 Å². The van der Waals surface area contributed by atoms with Gasteiger partial charge in [-0.05, 0) is 12.1 Å². The second-order valence-corrected chi connectivity index (χ2v) is 3.24. The lowest BCUT2D eigenvalue weighted by molar-refractivity contribution is 0.363. The van der Waals surface area contributed by atoms with E-state index in [9.17, 15) is 4.79 Å². The molecule has 88 valence electrons. The Balaban J connectivity index is 2.36. The van der Waals surface area contributed by atoms with E-state index in [1.807, 2.05) is 0 Å². The van der Waals surface area contributed by atoms with Crippen molar-refractivity contribution < 1.29 is 9.47 Å². The minimum absolute atomic E-state index is 0.0231. The molecule has 0 atom stereocenters. The number of hydrogen-bond donors (Lipinski definition) is 2. The van der Waals surface area contributed by atoms with Crippen LogP contribution in [0.3, 0.4) is 0 Å². The molecular weight excluding hydrogens is 222 g/mol. The van der Waals surface area contributed by atoms with Crippen molar-refractivity contribution in [1.29, 1.82) is 0 Å². The average Bonchev–Trinajstić information content (AvgIpc) is 2.29. The van der Waals surface area contributed by atoms with Gasteiger partial charge < -0.3 is 20.2 Å². The Morgan fingerprint density at radius 3 is 2.94 bits per heavy atom. The molecule has 17 heavy (non-hydrogen) atoms. The van der Waals surface area contributed by atoms with E-state index in [0.717, 1.165) is 0 Å². The van der Waals surface area contributed by atoms with Crippen molar-refractivity contribution in [3.05, 3.63) is 40.9 Å². The van der Waals surface area contributed by atoms with Crippen LogP contribution in [0.2, 0.25) is 0 Å². The van der Waals surface area contributed by atoms with Gasteiger partial charge in [-0.3, -0.25) is 4.79 Å². The third-order valence-electron chi connectivity index (χ3n) is 2.05. The van der Waals surface area contributed by atoms with Crippen LogP contribution in [0.25, 0.3) is 0 Å². The summed E-state index contributed by atoms with van der Waals surface area (Å²) in [6, 6.07) is 6.81. The summed E-state index contributed by atoms with van der Waals surface area (Å²) in [7, 11) is 1.37. The Bertz CT molecular complexity index is 580. The van der Waals surface area contributed by atoms with Gasteiger partial charge >= 0.3 is 0 Å². The number of aromatic nitrogens is 2. The highest BCUT2D eigenvalue weighted by Crippen LogP contribution is 2.26. The summed E-state index contributed by atoms with van der Waals surface area (Å²) in [5, 5.41) is 0. The fourth-order valence-corrected chi connectivity index (χ4v) is 1.31. The van der Waals surface area contributed by atoms with Crippen LogP contribution >= 0.6 is 0 Å². The van der Waals surface area contributed by atoms with Crippen molar-refractivity contribution in [1.82, 2.24) is 9.97 Å². The molecule has 0 fully saturated rings. The lowest BCUT2D eigenvalue weighted by Gasteiger charge is -2.07. The second kappa shape index (κ2) is 4.56. The third kappa shape index (κ3) is 2.36. The minimum Gasteiger partial charge on any atom is -0.487 e. The van der Waals surface area contributed by atoms with Gasteiger partial charge in [0.2, 0.25) is 5.75 Å². The molecule has 0 spiro atoms. The Morgan fingerprint density at radius 2 is 2.24 bits per heavy atom. The maximum Gasteiger partial charge on any atom is 0.297 e. The molecule has 2 rings (SSSR count). The number of ether oxygens (including phenoxy) is 2. The van der Waals surface area contributed by atoms with Crippen molar-refractivity contribution in [2.24, 2.45) is 0 Å². The summed E-state index contributed by atoms with van der Waals surface area (Å²) < 4.78 is 10.3. The highest BCUT2D eigenvalue weighted by atomic mass is 16.5. The molecule has 0 bridgehead atoms. The first-order valence-electron chi connectivity index (χ1n) is 4.86. The first kappa shape index (κ1) is 11.0. The minimum atomic E-state index is -0.401. The van der Waals surface area contributed by atoms with Crippen molar-refractivity contribution in [2.45, 2.75) is 0 Å². The van der Waals surface area contributed by atoms with Gasteiger partial charge in [-0.2, -0.15) is 0 Å². The number of benzene rings is 1. The van der Waals surface area contributed by atoms with E-state index < -0.39 is 5.56 Å². The summed E-state index contributed by atoms with van der Waals surface area (Å²) in [5.74, 6) is 0.609. The fraction of sp³-hybridized carbons (Fsp3) is 0.0909. The molecule has 6 nitrogen and oxygen atoms in total. The van der Waals surface area contributed by atoms with Crippen LogP contribution in [0.5, 0.6) is 17.4 Å². The number of hydrogen-bond acceptors (Lipinski definition) is 5. The molecule has 0 aliphatic carbocycles. The molecule has 1 heterocycles. The normalized spacial score (nSPS) is 9.94. The van der Waals surface area contributed by atoms with Gasteiger partial charge in [-0.25, -0.2) is 4.98 Å². The summed E-state index contributed by atoms with van der Waals surface area (Å²) in [6.07, 6.45) is 1.24. The molecular formula is C11H11N3O3. The van der Waals surface area contributed by atoms with Crippen molar-refractivity contribution in [3.8, 4) is 17.4 Å². The Labute approximate surface area is 97.0 Å². The van der Waals surface area contributed by atoms with E-state index in [1.165, 1.54) is 13.4 Å². The van der Waals surface area contributed by atoms with Crippen molar-refractivity contribution in [2.75, 3.05) is 12.8 Å². The van der Waals surface area contributed by atoms with Crippen molar-refractivity contribution >= 4 is 5.69 Å². The molecule has 0 saturated heterocycles. The average molecular weight is 233 g/mol. The van der Waals surface area contributed by atoms with Gasteiger partial charge in [0.25, 0.3) is 11.4 Å². The number of nitrogens with two attached hydrogens (primary N) is 1. The fourth-order valence-electron chi connectivity index (χ4n) is 1.31. The van der Waals surface area contributed by atoms with Gasteiger partial charge in [-0.15, -0.1) is 0 Å². The zero-order chi connectivity index (χ0) is 12.3. The van der Waals surface area contributed by atoms with Crippen LogP contribution in [0.15, 0.2) is 35.4 Å². The lowest BCUT2D eigenvalue weighted by Crippen LogP contribution is -2.10. The van der Waals surface area contributed by atoms with Gasteiger partial charge in [0.05, 0.1) is 13.4 Å². The van der Waals surface area contributed by atoms with E-state index >= 15 is 0 Å². The van der Waals surface area contributed by atoms with Gasteiger partial charge in [0, 0.05) is 11.8 Å². The zero-order valence-corrected chi connectivity index (χ0v) is 9.14. The van der Waals surface area contributed by atoms with Gasteiger partial charge in [0.15, 0.2) is 0 Å². The smallest absolute Gasteiger partial charge is 0.297 e. The van der Waals surface area contributed by atoms with Crippen molar-refractivity contribution in [3.63, 3.8) is 0 Å². The van der Waals surface area contributed by atoms with Gasteiger partial charge in [-0.1, -0.05) is 6.07 Å². The Hall–Kier alpha value is -2.50. The maximum atomic E-state index is 11.4. The number of nitrogen functional groups attached to an aromatic ring is 1. The first-order chi connectivity index (χ1) is 8.20. The number of aromatic amines is 1. The summed E-state index contributed by atoms with van der Waals surface area (Å²) in [5.41, 5.74) is 5.77. The highest BCUT2D eigenvalue weighted by molar-refractivity contribution is 5.45. The standard InChI is InChI=1S/C11H11N3O3/c1-16-9-10(15)13-6-14-11(9)17-8-4-2-3-7(12)5-8/h2-6H,12H2,1H3,(H,13,14,15). The molecule has 1 aromatic carbocycles. The first-order valence-corrected chi connectivity index (χ1v) is 4.86. The molecule has 0 aliphatic rings. The SMILES string of the molecule is COc1c(Oc2cccc(N)c2)nc[nH]c1=O. The van der Waals surface area contributed by atoms with Crippen LogP contribution in [0, 0.1) is 0 Å². The Morgan fingerprint density at radius 1 is 1.41 bits per heavy atom. The number of H-pyrrole nitrogens is 1. The van der Waals surface area contributed by atoms with E-state index in [1.54, 1.807) is 24.3 Å². The molecule has 2 aromatic rings. The predicted molar refractivity (Wildman–Crippen MR) is 62.3 cm³/mol. The maximum absolute atomic E-state index is 11.4. The van der Waals surface area contributed by atoms with E-state index in [-0.39, 0.29) is 11.6 Å². The van der Waals surface area contributed by atoms with E-state index in [0.29, 0.717) is 11.4 Å². The second-order valence-electron chi connectivity index (χ2n) is 3.24. The topological polar surface area (TPSA) is 90.2 Å². The van der Waals surface area contributed by atoms with Crippen LogP contribution in [0.1, 0.15) is 0 Å². The number of nitrogens with one attached hydrogen (secondary N) is 1. The third-order valence-corrected chi connectivity index (χ3v) is 2.05. The largest absolute Gasteiger partial charge is 0.487 e. The lowest BCUT2D eigenvalue weighted by atomic mass is 10.3. The number of anilines is 1. The Kier molecular flexibility index (Phi) is 2.95. The molecule has 0 amide bonds. The number of methoxy groups -OCH3 is 1. The molecule has 0 aliphatic heterocycles. The summed E-state index contributed by atoms with van der Waals surface area (Å²) in [4.78, 5) is 17.7.